The van der Waals surface area contributed by atoms with Crippen molar-refractivity contribution >= 4 is 17.7 Å². The van der Waals surface area contributed by atoms with Crippen LogP contribution >= 0.6 is 11.8 Å². The van der Waals surface area contributed by atoms with Crippen molar-refractivity contribution in [3.63, 3.8) is 0 Å². The van der Waals surface area contributed by atoms with Crippen LogP contribution in [0.3, 0.4) is 0 Å². The molecule has 0 aromatic carbocycles. The third kappa shape index (κ3) is 5.00. The molecule has 1 atom stereocenters. The molecule has 1 aliphatic rings. The van der Waals surface area contributed by atoms with Gasteiger partial charge < -0.3 is 5.32 Å². The van der Waals surface area contributed by atoms with E-state index in [4.69, 9.17) is 0 Å². The minimum atomic E-state index is -0.106. The Labute approximate surface area is 125 Å². The lowest BCUT2D eigenvalue weighted by molar-refractivity contribution is -0.120. The summed E-state index contributed by atoms with van der Waals surface area (Å²) in [6.45, 7) is 2.67. The number of nitrogens with zero attached hydrogens (tertiary/aromatic N) is 1. The van der Waals surface area contributed by atoms with Gasteiger partial charge in [-0.05, 0) is 51.2 Å². The first-order valence-corrected chi connectivity index (χ1v) is 8.17. The second-order valence-corrected chi connectivity index (χ2v) is 6.44. The van der Waals surface area contributed by atoms with Gasteiger partial charge in [0.15, 0.2) is 0 Å². The van der Waals surface area contributed by atoms with Crippen LogP contribution in [0.1, 0.15) is 39.0 Å². The first-order valence-electron chi connectivity index (χ1n) is 7.29. The smallest absolute Gasteiger partial charge is 0.233 e. The number of amides is 1. The van der Waals surface area contributed by atoms with Gasteiger partial charge in [0.05, 0.1) is 10.3 Å². The minimum absolute atomic E-state index is 0.0945. The number of allylic oxidation sites excluding steroid dienone is 1. The third-order valence-corrected chi connectivity index (χ3v) is 4.49. The predicted molar refractivity (Wildman–Crippen MR) is 83.7 cm³/mol. The molecular formula is C16H22N2OS. The van der Waals surface area contributed by atoms with E-state index in [9.17, 15) is 4.79 Å². The van der Waals surface area contributed by atoms with Gasteiger partial charge in [-0.25, -0.2) is 4.98 Å². The van der Waals surface area contributed by atoms with Crippen molar-refractivity contribution in [2.75, 3.05) is 6.54 Å². The number of rotatable bonds is 6. The van der Waals surface area contributed by atoms with Gasteiger partial charge in [0.2, 0.25) is 5.91 Å². The number of pyridine rings is 1. The van der Waals surface area contributed by atoms with Crippen LogP contribution in [0.25, 0.3) is 0 Å². The highest BCUT2D eigenvalue weighted by atomic mass is 32.2. The topological polar surface area (TPSA) is 42.0 Å². The van der Waals surface area contributed by atoms with Gasteiger partial charge in [-0.2, -0.15) is 0 Å². The molecule has 20 heavy (non-hydrogen) atoms. The van der Waals surface area contributed by atoms with Crippen LogP contribution in [-0.2, 0) is 4.79 Å². The van der Waals surface area contributed by atoms with Gasteiger partial charge in [-0.15, -0.1) is 0 Å². The van der Waals surface area contributed by atoms with Gasteiger partial charge in [0.25, 0.3) is 0 Å². The molecule has 1 unspecified atom stereocenters. The first-order chi connectivity index (χ1) is 9.75. The van der Waals surface area contributed by atoms with Crippen LogP contribution in [0.5, 0.6) is 0 Å². The van der Waals surface area contributed by atoms with Crippen molar-refractivity contribution in [1.29, 1.82) is 0 Å². The van der Waals surface area contributed by atoms with E-state index in [0.717, 1.165) is 18.0 Å². The van der Waals surface area contributed by atoms with Gasteiger partial charge in [0.1, 0.15) is 0 Å². The van der Waals surface area contributed by atoms with E-state index in [2.05, 4.69) is 16.4 Å². The Balaban J connectivity index is 1.70. The molecule has 0 saturated heterocycles. The summed E-state index contributed by atoms with van der Waals surface area (Å²) in [6.07, 6.45) is 10.1. The Morgan fingerprint density at radius 3 is 3.05 bits per heavy atom. The standard InChI is InChI=1S/C16H22N2OS/c1-13(20-15-9-5-6-11-17-15)16(19)18-12-10-14-7-3-2-4-8-14/h5-7,9,11,13H,2-4,8,10,12H2,1H3,(H,18,19). The van der Waals surface area contributed by atoms with Crippen LogP contribution in [0.4, 0.5) is 0 Å². The largest absolute Gasteiger partial charge is 0.355 e. The summed E-state index contributed by atoms with van der Waals surface area (Å²) in [6, 6.07) is 5.75. The molecule has 2 rings (SSSR count). The summed E-state index contributed by atoms with van der Waals surface area (Å²) in [5.41, 5.74) is 1.50. The number of carbonyl (C=O) groups is 1. The van der Waals surface area contributed by atoms with E-state index in [1.807, 2.05) is 25.1 Å². The molecule has 0 radical (unpaired) electrons. The van der Waals surface area contributed by atoms with Crippen molar-refractivity contribution < 1.29 is 4.79 Å². The average Bonchev–Trinajstić information content (AvgIpc) is 2.49. The minimum Gasteiger partial charge on any atom is -0.355 e. The van der Waals surface area contributed by atoms with Crippen molar-refractivity contribution in [2.24, 2.45) is 0 Å². The molecule has 0 spiro atoms. The number of hydrogen-bond donors (Lipinski definition) is 1. The number of aromatic nitrogens is 1. The highest BCUT2D eigenvalue weighted by molar-refractivity contribution is 8.00. The van der Waals surface area contributed by atoms with Gasteiger partial charge in [-0.3, -0.25) is 4.79 Å². The lowest BCUT2D eigenvalue weighted by Crippen LogP contribution is -2.31. The molecule has 1 aromatic rings. The predicted octanol–water partition coefficient (Wildman–Crippen LogP) is 3.57. The van der Waals surface area contributed by atoms with Crippen molar-refractivity contribution in [3.8, 4) is 0 Å². The molecule has 3 nitrogen and oxygen atoms in total. The molecule has 108 valence electrons. The first kappa shape index (κ1) is 15.1. The maximum Gasteiger partial charge on any atom is 0.233 e. The maximum absolute atomic E-state index is 12.0. The van der Waals surface area contributed by atoms with E-state index in [1.54, 1.807) is 6.20 Å². The Kier molecular flexibility index (Phi) is 6.12. The molecular weight excluding hydrogens is 268 g/mol. The summed E-state index contributed by atoms with van der Waals surface area (Å²) >= 11 is 1.50. The summed E-state index contributed by atoms with van der Waals surface area (Å²) in [5, 5.41) is 3.81. The van der Waals surface area contributed by atoms with Crippen LogP contribution in [-0.4, -0.2) is 22.7 Å². The van der Waals surface area contributed by atoms with Crippen LogP contribution in [0, 0.1) is 0 Å². The van der Waals surface area contributed by atoms with Crippen molar-refractivity contribution in [1.82, 2.24) is 10.3 Å². The van der Waals surface area contributed by atoms with E-state index in [-0.39, 0.29) is 11.2 Å². The Bertz CT molecular complexity index is 459. The lowest BCUT2D eigenvalue weighted by Gasteiger charge is -2.14. The molecule has 0 aliphatic heterocycles. The number of hydrogen-bond acceptors (Lipinski definition) is 3. The quantitative estimate of drug-likeness (QED) is 0.643. The summed E-state index contributed by atoms with van der Waals surface area (Å²) in [7, 11) is 0. The summed E-state index contributed by atoms with van der Waals surface area (Å²) in [4.78, 5) is 16.2. The van der Waals surface area contributed by atoms with E-state index in [1.165, 1.54) is 43.0 Å². The second-order valence-electron chi connectivity index (χ2n) is 5.08. The number of carbonyl (C=O) groups excluding carboxylic acids is 1. The highest BCUT2D eigenvalue weighted by Gasteiger charge is 2.14. The van der Waals surface area contributed by atoms with Crippen LogP contribution in [0.2, 0.25) is 0 Å². The molecule has 4 heteroatoms. The Morgan fingerprint density at radius 1 is 1.45 bits per heavy atom. The summed E-state index contributed by atoms with van der Waals surface area (Å²) < 4.78 is 0. The zero-order valence-corrected chi connectivity index (χ0v) is 12.8. The molecule has 1 heterocycles. The zero-order chi connectivity index (χ0) is 14.2. The zero-order valence-electron chi connectivity index (χ0n) is 12.0. The molecule has 0 bridgehead atoms. The van der Waals surface area contributed by atoms with Gasteiger partial charge >= 0.3 is 0 Å². The van der Waals surface area contributed by atoms with E-state index in [0.29, 0.717) is 0 Å². The average molecular weight is 290 g/mol. The molecule has 1 N–H and O–H groups in total. The van der Waals surface area contributed by atoms with Gasteiger partial charge in [-0.1, -0.05) is 29.5 Å². The Hall–Kier alpha value is -1.29. The van der Waals surface area contributed by atoms with E-state index >= 15 is 0 Å². The highest BCUT2D eigenvalue weighted by Crippen LogP contribution is 2.21. The fourth-order valence-corrected chi connectivity index (χ4v) is 3.10. The monoisotopic (exact) mass is 290 g/mol. The third-order valence-electron chi connectivity index (χ3n) is 3.43. The second kappa shape index (κ2) is 8.10. The number of nitrogens with one attached hydrogen (secondary N) is 1. The van der Waals surface area contributed by atoms with E-state index < -0.39 is 0 Å². The Morgan fingerprint density at radius 2 is 2.35 bits per heavy atom. The molecule has 1 aliphatic carbocycles. The molecule has 0 fully saturated rings. The fraction of sp³-hybridized carbons (Fsp3) is 0.500. The van der Waals surface area contributed by atoms with Gasteiger partial charge in [0, 0.05) is 12.7 Å². The maximum atomic E-state index is 12.0. The molecule has 0 saturated carbocycles. The SMILES string of the molecule is CC(Sc1ccccn1)C(=O)NCCC1=CCCCC1. The fourth-order valence-electron chi connectivity index (χ4n) is 2.27. The summed E-state index contributed by atoms with van der Waals surface area (Å²) in [5.74, 6) is 0.0945. The number of thioether (sulfide) groups is 1. The molecule has 1 amide bonds. The van der Waals surface area contributed by atoms with Crippen molar-refractivity contribution in [3.05, 3.63) is 36.0 Å². The van der Waals surface area contributed by atoms with Crippen LogP contribution in [0.15, 0.2) is 41.1 Å². The van der Waals surface area contributed by atoms with Crippen LogP contribution < -0.4 is 5.32 Å². The lowest BCUT2D eigenvalue weighted by atomic mass is 9.97. The molecule has 1 aromatic heterocycles. The normalized spacial score (nSPS) is 16.4. The van der Waals surface area contributed by atoms with Crippen molar-refractivity contribution in [2.45, 2.75) is 49.3 Å².